The first-order valence-electron chi connectivity index (χ1n) is 7.51. The maximum atomic E-state index is 13.5. The van der Waals surface area contributed by atoms with Crippen LogP contribution in [0.15, 0.2) is 28.8 Å². The van der Waals surface area contributed by atoms with Crippen LogP contribution in [0.1, 0.15) is 23.1 Å². The van der Waals surface area contributed by atoms with Gasteiger partial charge in [-0.05, 0) is 31.5 Å². The first kappa shape index (κ1) is 16.0. The monoisotopic (exact) mass is 332 g/mol. The topological polar surface area (TPSA) is 87.5 Å². The minimum atomic E-state index is -0.894. The van der Waals surface area contributed by atoms with E-state index in [1.165, 1.54) is 23.1 Å². The van der Waals surface area contributed by atoms with E-state index in [4.69, 9.17) is 4.52 Å². The number of piperazine rings is 1. The molecule has 24 heavy (non-hydrogen) atoms. The number of anilines is 1. The Morgan fingerprint density at radius 2 is 2.25 bits per heavy atom. The van der Waals surface area contributed by atoms with Crippen molar-refractivity contribution in [2.24, 2.45) is 0 Å². The molecule has 3 rings (SSSR count). The second-order valence-corrected chi connectivity index (χ2v) is 5.57. The zero-order chi connectivity index (χ0) is 17.3. The molecule has 0 saturated carbocycles. The molecule has 2 heterocycles. The third-order valence-corrected chi connectivity index (χ3v) is 3.90. The summed E-state index contributed by atoms with van der Waals surface area (Å²) in [5.41, 5.74) is 1.44. The van der Waals surface area contributed by atoms with Gasteiger partial charge in [0, 0.05) is 13.1 Å². The Kier molecular flexibility index (Phi) is 4.20. The molecule has 3 amide bonds. The largest absolute Gasteiger partial charge is 0.359 e. The quantitative estimate of drug-likeness (QED) is 0.882. The Morgan fingerprint density at radius 1 is 1.46 bits per heavy atom. The summed E-state index contributed by atoms with van der Waals surface area (Å²) in [6, 6.07) is 4.32. The molecule has 0 aliphatic carbocycles. The van der Waals surface area contributed by atoms with E-state index < -0.39 is 17.9 Å². The van der Waals surface area contributed by atoms with E-state index in [0.717, 1.165) is 0 Å². The molecule has 0 spiro atoms. The molecule has 1 atom stereocenters. The molecule has 1 aliphatic heterocycles. The normalized spacial score (nSPS) is 17.5. The van der Waals surface area contributed by atoms with E-state index in [0.29, 0.717) is 35.8 Å². The summed E-state index contributed by atoms with van der Waals surface area (Å²) in [6.45, 7) is 4.03. The summed E-state index contributed by atoms with van der Waals surface area (Å²) in [5, 5.41) is 9.20. The van der Waals surface area contributed by atoms with Gasteiger partial charge in [-0.3, -0.25) is 4.79 Å². The van der Waals surface area contributed by atoms with Crippen LogP contribution in [0.4, 0.5) is 14.9 Å². The minimum absolute atomic E-state index is 0.308. The molecule has 7 nitrogen and oxygen atoms in total. The predicted molar refractivity (Wildman–Crippen MR) is 83.9 cm³/mol. The maximum absolute atomic E-state index is 13.5. The highest BCUT2D eigenvalue weighted by Gasteiger charge is 2.35. The Labute approximate surface area is 137 Å². The van der Waals surface area contributed by atoms with Gasteiger partial charge in [0.1, 0.15) is 23.2 Å². The van der Waals surface area contributed by atoms with Gasteiger partial charge < -0.3 is 20.1 Å². The molecular weight excluding hydrogens is 315 g/mol. The van der Waals surface area contributed by atoms with Crippen molar-refractivity contribution in [3.8, 4) is 0 Å². The van der Waals surface area contributed by atoms with Crippen LogP contribution in [0.25, 0.3) is 0 Å². The highest BCUT2D eigenvalue weighted by atomic mass is 19.1. The average molecular weight is 332 g/mol. The number of amides is 3. The van der Waals surface area contributed by atoms with E-state index in [2.05, 4.69) is 15.8 Å². The third-order valence-electron chi connectivity index (χ3n) is 3.90. The summed E-state index contributed by atoms with van der Waals surface area (Å²) in [7, 11) is 0. The van der Waals surface area contributed by atoms with Crippen molar-refractivity contribution in [2.45, 2.75) is 19.9 Å². The fourth-order valence-corrected chi connectivity index (χ4v) is 2.73. The van der Waals surface area contributed by atoms with Crippen LogP contribution in [0.5, 0.6) is 0 Å². The van der Waals surface area contributed by atoms with Gasteiger partial charge in [-0.1, -0.05) is 17.3 Å². The Hall–Kier alpha value is -2.90. The maximum Gasteiger partial charge on any atom is 0.323 e. The number of nitrogens with zero attached hydrogens (tertiary/aromatic N) is 2. The Morgan fingerprint density at radius 3 is 2.92 bits per heavy atom. The Balaban J connectivity index is 1.89. The van der Waals surface area contributed by atoms with Gasteiger partial charge in [0.15, 0.2) is 5.76 Å². The number of aryl methyl sites for hydroxylation is 2. The second-order valence-electron chi connectivity index (χ2n) is 5.57. The fourth-order valence-electron chi connectivity index (χ4n) is 2.73. The summed E-state index contributed by atoms with van der Waals surface area (Å²) in [5.74, 6) is -0.331. The third kappa shape index (κ3) is 2.94. The van der Waals surface area contributed by atoms with Crippen molar-refractivity contribution in [3.05, 3.63) is 47.1 Å². The number of urea groups is 1. The lowest BCUT2D eigenvalue weighted by Crippen LogP contribution is -2.53. The zero-order valence-electron chi connectivity index (χ0n) is 13.3. The predicted octanol–water partition coefficient (Wildman–Crippen LogP) is 2.14. The number of rotatable bonds is 2. The van der Waals surface area contributed by atoms with Crippen molar-refractivity contribution in [3.63, 3.8) is 0 Å². The summed E-state index contributed by atoms with van der Waals surface area (Å²) in [6.07, 6.45) is 0. The molecular formula is C16H17FN4O3. The summed E-state index contributed by atoms with van der Waals surface area (Å²) in [4.78, 5) is 26.3. The molecule has 2 N–H and O–H groups in total. The van der Waals surface area contributed by atoms with Crippen LogP contribution < -0.4 is 10.6 Å². The SMILES string of the molecule is Cc1noc(C)c1NC(=O)N1CCNC(=O)C1c1cccc(F)c1. The molecule has 2 aromatic rings. The van der Waals surface area contributed by atoms with Crippen LogP contribution >= 0.6 is 0 Å². The van der Waals surface area contributed by atoms with Gasteiger partial charge in [0.25, 0.3) is 0 Å². The number of benzene rings is 1. The highest BCUT2D eigenvalue weighted by Crippen LogP contribution is 2.26. The average Bonchev–Trinajstić information content (AvgIpc) is 2.86. The molecule has 126 valence electrons. The van der Waals surface area contributed by atoms with Crippen LogP contribution in [-0.2, 0) is 4.79 Å². The van der Waals surface area contributed by atoms with Gasteiger partial charge >= 0.3 is 6.03 Å². The van der Waals surface area contributed by atoms with Crippen molar-refractivity contribution in [1.82, 2.24) is 15.4 Å². The van der Waals surface area contributed by atoms with Crippen molar-refractivity contribution < 1.29 is 18.5 Å². The van der Waals surface area contributed by atoms with Crippen molar-refractivity contribution in [1.29, 1.82) is 0 Å². The van der Waals surface area contributed by atoms with Gasteiger partial charge in [0.05, 0.1) is 0 Å². The van der Waals surface area contributed by atoms with Crippen LogP contribution in [0, 0.1) is 19.7 Å². The molecule has 1 saturated heterocycles. The van der Waals surface area contributed by atoms with E-state index in [9.17, 15) is 14.0 Å². The van der Waals surface area contributed by atoms with Crippen LogP contribution in [0.3, 0.4) is 0 Å². The van der Waals surface area contributed by atoms with Crippen molar-refractivity contribution in [2.75, 3.05) is 18.4 Å². The molecule has 1 aromatic heterocycles. The Bertz CT molecular complexity index is 770. The van der Waals surface area contributed by atoms with Gasteiger partial charge in [-0.25, -0.2) is 9.18 Å². The van der Waals surface area contributed by atoms with Gasteiger partial charge in [0.2, 0.25) is 5.91 Å². The number of halogens is 1. The van der Waals surface area contributed by atoms with Gasteiger partial charge in [-0.2, -0.15) is 0 Å². The standard InChI is InChI=1S/C16H17FN4O3/c1-9-13(10(2)24-20-9)19-16(23)21-7-6-18-15(22)14(21)11-4-3-5-12(17)8-11/h3-5,8,14H,6-7H2,1-2H3,(H,18,22)(H,19,23). The van der Waals surface area contributed by atoms with E-state index in [-0.39, 0.29) is 5.91 Å². The van der Waals surface area contributed by atoms with E-state index in [1.54, 1.807) is 19.9 Å². The minimum Gasteiger partial charge on any atom is -0.359 e. The van der Waals surface area contributed by atoms with Crippen molar-refractivity contribution >= 4 is 17.6 Å². The van der Waals surface area contributed by atoms with E-state index in [1.807, 2.05) is 0 Å². The van der Waals surface area contributed by atoms with Crippen LogP contribution in [-0.4, -0.2) is 35.1 Å². The number of hydrogen-bond donors (Lipinski definition) is 2. The first-order chi connectivity index (χ1) is 11.5. The number of nitrogens with one attached hydrogen (secondary N) is 2. The number of hydrogen-bond acceptors (Lipinski definition) is 4. The molecule has 1 unspecified atom stereocenters. The number of aromatic nitrogens is 1. The highest BCUT2D eigenvalue weighted by molar-refractivity contribution is 5.95. The van der Waals surface area contributed by atoms with E-state index >= 15 is 0 Å². The molecule has 1 aromatic carbocycles. The molecule has 8 heteroatoms. The lowest BCUT2D eigenvalue weighted by atomic mass is 10.0. The lowest BCUT2D eigenvalue weighted by Gasteiger charge is -2.35. The van der Waals surface area contributed by atoms with Gasteiger partial charge in [-0.15, -0.1) is 0 Å². The zero-order valence-corrected chi connectivity index (χ0v) is 13.3. The summed E-state index contributed by atoms with van der Waals surface area (Å²) >= 11 is 0. The second kappa shape index (κ2) is 6.31. The smallest absolute Gasteiger partial charge is 0.323 e. The first-order valence-corrected chi connectivity index (χ1v) is 7.51. The number of carbonyl (C=O) groups excluding carboxylic acids is 2. The van der Waals surface area contributed by atoms with Crippen LogP contribution in [0.2, 0.25) is 0 Å². The summed E-state index contributed by atoms with van der Waals surface area (Å²) < 4.78 is 18.5. The molecule has 0 radical (unpaired) electrons. The fraction of sp³-hybridized carbons (Fsp3) is 0.312. The molecule has 1 aliphatic rings. The number of carbonyl (C=O) groups is 2. The lowest BCUT2D eigenvalue weighted by molar-refractivity contribution is -0.127. The molecule has 0 bridgehead atoms. The molecule has 1 fully saturated rings.